The summed E-state index contributed by atoms with van der Waals surface area (Å²) in [5.74, 6) is 0. The molecule has 0 aliphatic heterocycles. The monoisotopic (exact) mass is 206 g/mol. The average Bonchev–Trinajstić information content (AvgIpc) is 2.14. The van der Waals surface area contributed by atoms with Gasteiger partial charge in [0.15, 0.2) is 0 Å². The molecule has 0 heterocycles. The first-order valence-electron chi connectivity index (χ1n) is 5.31. The molecule has 0 spiro atoms. The Bertz CT molecular complexity index is 272. The normalized spacial score (nSPS) is 12.7. The highest BCUT2D eigenvalue weighted by molar-refractivity contribution is 5.58. The second-order valence-electron chi connectivity index (χ2n) is 3.56. The van der Waals surface area contributed by atoms with E-state index in [1.165, 1.54) is 0 Å². The van der Waals surface area contributed by atoms with E-state index in [4.69, 9.17) is 0 Å². The lowest BCUT2D eigenvalue weighted by molar-refractivity contribution is 0.496. The molecule has 0 N–H and O–H groups in total. The van der Waals surface area contributed by atoms with Crippen LogP contribution in [0.15, 0.2) is 41.2 Å². The molecule has 0 amide bonds. The van der Waals surface area contributed by atoms with Crippen LogP contribution in [0.2, 0.25) is 0 Å². The fourth-order valence-corrected chi connectivity index (χ4v) is 1.24. The molecular weight excluding hydrogens is 184 g/mol. The predicted molar refractivity (Wildman–Crippen MR) is 69.1 cm³/mol. The van der Waals surface area contributed by atoms with Gasteiger partial charge in [-0.3, -0.25) is 4.99 Å². The summed E-state index contributed by atoms with van der Waals surface area (Å²) in [5.41, 5.74) is 2.12. The fraction of sp³-hybridized carbons (Fsp3) is 0.462. The van der Waals surface area contributed by atoms with Crippen molar-refractivity contribution in [3.8, 4) is 0 Å². The van der Waals surface area contributed by atoms with Gasteiger partial charge in [0.1, 0.15) is 0 Å². The molecule has 0 fully saturated rings. The van der Waals surface area contributed by atoms with Gasteiger partial charge >= 0.3 is 0 Å². The molecule has 0 saturated heterocycles. The molecule has 0 aromatic rings. The fourth-order valence-electron chi connectivity index (χ4n) is 1.24. The van der Waals surface area contributed by atoms with Gasteiger partial charge in [0.05, 0.1) is 5.70 Å². The van der Waals surface area contributed by atoms with Crippen molar-refractivity contribution in [3.05, 3.63) is 36.2 Å². The molecule has 0 aliphatic rings. The van der Waals surface area contributed by atoms with Crippen molar-refractivity contribution in [1.82, 2.24) is 4.90 Å². The number of hydrogen-bond acceptors (Lipinski definition) is 2. The Morgan fingerprint density at radius 2 is 2.13 bits per heavy atom. The van der Waals surface area contributed by atoms with Crippen molar-refractivity contribution in [2.75, 3.05) is 13.6 Å². The third-order valence-corrected chi connectivity index (χ3v) is 1.74. The van der Waals surface area contributed by atoms with E-state index in [0.29, 0.717) is 0 Å². The predicted octanol–water partition coefficient (Wildman–Crippen LogP) is 3.39. The molecule has 0 unspecified atom stereocenters. The molecule has 84 valence electrons. The second kappa shape index (κ2) is 8.04. The first kappa shape index (κ1) is 13.7. The highest BCUT2D eigenvalue weighted by atomic mass is 15.1. The lowest BCUT2D eigenvalue weighted by Crippen LogP contribution is -2.13. The van der Waals surface area contributed by atoms with Crippen LogP contribution in [0.1, 0.15) is 27.2 Å². The lowest BCUT2D eigenvalue weighted by atomic mass is 10.2. The first-order valence-corrected chi connectivity index (χ1v) is 5.31. The molecule has 15 heavy (non-hydrogen) atoms. The molecule has 0 bridgehead atoms. The topological polar surface area (TPSA) is 15.6 Å². The summed E-state index contributed by atoms with van der Waals surface area (Å²) < 4.78 is 0. The van der Waals surface area contributed by atoms with Gasteiger partial charge in [-0.15, -0.1) is 0 Å². The number of rotatable bonds is 6. The second-order valence-corrected chi connectivity index (χ2v) is 3.56. The standard InChI is InChI=1S/C13H22N2/c1-6-8-12(3)10-15(5)11-13(4)14-9-7-2/h6,8-9,11H,3,7,10H2,1-2,4-5H3/b8-6?,13-11-,14-9?. The van der Waals surface area contributed by atoms with E-state index in [1.807, 2.05) is 45.5 Å². The lowest BCUT2D eigenvalue weighted by Gasteiger charge is -2.14. The number of hydrogen-bond donors (Lipinski definition) is 0. The summed E-state index contributed by atoms with van der Waals surface area (Å²) in [6.45, 7) is 10.9. The molecule has 0 rings (SSSR count). The van der Waals surface area contributed by atoms with E-state index in [1.54, 1.807) is 0 Å². The smallest absolute Gasteiger partial charge is 0.0527 e. The molecule has 0 aromatic heterocycles. The van der Waals surface area contributed by atoms with Crippen LogP contribution in [0.25, 0.3) is 0 Å². The maximum Gasteiger partial charge on any atom is 0.0527 e. The maximum absolute atomic E-state index is 4.28. The Morgan fingerprint density at radius 3 is 2.67 bits per heavy atom. The number of likely N-dealkylation sites (N-methyl/N-ethyl adjacent to an activating group) is 1. The summed E-state index contributed by atoms with van der Waals surface area (Å²) in [7, 11) is 2.03. The highest BCUT2D eigenvalue weighted by Gasteiger charge is 1.94. The zero-order valence-corrected chi connectivity index (χ0v) is 10.3. The third kappa shape index (κ3) is 7.74. The first-order chi connectivity index (χ1) is 7.10. The van der Waals surface area contributed by atoms with Gasteiger partial charge in [0.2, 0.25) is 0 Å². The zero-order valence-electron chi connectivity index (χ0n) is 10.3. The minimum atomic E-state index is 0.837. The average molecular weight is 206 g/mol. The third-order valence-electron chi connectivity index (χ3n) is 1.74. The maximum atomic E-state index is 4.28. The van der Waals surface area contributed by atoms with E-state index in [-0.39, 0.29) is 0 Å². The highest BCUT2D eigenvalue weighted by Crippen LogP contribution is 2.01. The van der Waals surface area contributed by atoms with Crippen molar-refractivity contribution in [3.63, 3.8) is 0 Å². The van der Waals surface area contributed by atoms with Gasteiger partial charge in [0, 0.05) is 26.0 Å². The molecule has 0 aliphatic carbocycles. The van der Waals surface area contributed by atoms with Crippen LogP contribution in [-0.4, -0.2) is 24.7 Å². The molecule has 2 heteroatoms. The van der Waals surface area contributed by atoms with Crippen LogP contribution in [0.3, 0.4) is 0 Å². The summed E-state index contributed by atoms with van der Waals surface area (Å²) >= 11 is 0. The summed E-state index contributed by atoms with van der Waals surface area (Å²) in [5, 5.41) is 0. The van der Waals surface area contributed by atoms with Gasteiger partial charge in [-0.1, -0.05) is 25.7 Å². The van der Waals surface area contributed by atoms with Crippen LogP contribution in [0.5, 0.6) is 0 Å². The Labute approximate surface area is 93.7 Å². The molecule has 0 atom stereocenters. The van der Waals surface area contributed by atoms with Crippen molar-refractivity contribution in [2.45, 2.75) is 27.2 Å². The number of aliphatic imine (C=N–C) groups is 1. The molecule has 0 radical (unpaired) electrons. The van der Waals surface area contributed by atoms with Gasteiger partial charge in [0.25, 0.3) is 0 Å². The number of allylic oxidation sites excluding steroid dienone is 2. The van der Waals surface area contributed by atoms with E-state index in [9.17, 15) is 0 Å². The molecule has 0 aromatic carbocycles. The summed E-state index contributed by atoms with van der Waals surface area (Å²) in [6.07, 6.45) is 8.94. The Kier molecular flexibility index (Phi) is 7.33. The van der Waals surface area contributed by atoms with Crippen molar-refractivity contribution < 1.29 is 0 Å². The number of nitrogens with zero attached hydrogens (tertiary/aromatic N) is 2. The van der Waals surface area contributed by atoms with Crippen molar-refractivity contribution in [2.24, 2.45) is 4.99 Å². The van der Waals surface area contributed by atoms with E-state index in [0.717, 1.165) is 24.2 Å². The van der Waals surface area contributed by atoms with Crippen LogP contribution >= 0.6 is 0 Å². The van der Waals surface area contributed by atoms with Crippen molar-refractivity contribution in [1.29, 1.82) is 0 Å². The van der Waals surface area contributed by atoms with Crippen LogP contribution < -0.4 is 0 Å². The van der Waals surface area contributed by atoms with Crippen LogP contribution in [-0.2, 0) is 0 Å². The van der Waals surface area contributed by atoms with Gasteiger partial charge < -0.3 is 4.90 Å². The van der Waals surface area contributed by atoms with Gasteiger partial charge in [-0.25, -0.2) is 0 Å². The van der Waals surface area contributed by atoms with Crippen LogP contribution in [0, 0.1) is 0 Å². The largest absolute Gasteiger partial charge is 0.375 e. The zero-order chi connectivity index (χ0) is 11.7. The summed E-state index contributed by atoms with van der Waals surface area (Å²) in [4.78, 5) is 6.37. The molecule has 0 saturated carbocycles. The molecule has 2 nitrogen and oxygen atoms in total. The van der Waals surface area contributed by atoms with Crippen molar-refractivity contribution >= 4 is 6.21 Å². The minimum Gasteiger partial charge on any atom is -0.375 e. The quantitative estimate of drug-likeness (QED) is 0.480. The van der Waals surface area contributed by atoms with Gasteiger partial charge in [-0.05, 0) is 25.8 Å². The minimum absolute atomic E-state index is 0.837. The van der Waals surface area contributed by atoms with E-state index < -0.39 is 0 Å². The SMILES string of the molecule is C=C(C=CC)CN(C)/C=C(/C)N=CCC. The Balaban J connectivity index is 4.16. The summed E-state index contributed by atoms with van der Waals surface area (Å²) in [6, 6.07) is 0. The van der Waals surface area contributed by atoms with E-state index in [2.05, 4.69) is 23.4 Å². The van der Waals surface area contributed by atoms with Crippen LogP contribution in [0.4, 0.5) is 0 Å². The Morgan fingerprint density at radius 1 is 1.47 bits per heavy atom. The van der Waals surface area contributed by atoms with Gasteiger partial charge in [-0.2, -0.15) is 0 Å². The molecular formula is C13H22N2. The Hall–Kier alpha value is -1.31. The van der Waals surface area contributed by atoms with E-state index >= 15 is 0 Å².